The molecule has 0 spiro atoms. The Morgan fingerprint density at radius 3 is 2.64 bits per heavy atom. The van der Waals surface area contributed by atoms with Crippen LogP contribution in [0, 0.1) is 0 Å². The number of benzene rings is 1. The first-order valence-corrected chi connectivity index (χ1v) is 10.2. The Hall–Kier alpha value is -1.59. The molecular weight excluding hydrogens is 330 g/mol. The van der Waals surface area contributed by atoms with E-state index in [1.165, 1.54) is 16.8 Å². The van der Waals surface area contributed by atoms with E-state index in [1.54, 1.807) is 11.8 Å². The number of thioether (sulfide) groups is 1. The second-order valence-electron chi connectivity index (χ2n) is 6.43. The van der Waals surface area contributed by atoms with Crippen molar-refractivity contribution in [2.75, 3.05) is 19.6 Å². The molecule has 4 nitrogen and oxygen atoms in total. The third-order valence-corrected chi connectivity index (χ3v) is 6.04. The van der Waals surface area contributed by atoms with Crippen LogP contribution in [0.1, 0.15) is 37.1 Å². The molecular formula is C20H27N3OS. The van der Waals surface area contributed by atoms with E-state index in [4.69, 9.17) is 0 Å². The molecule has 0 amide bonds. The van der Waals surface area contributed by atoms with Gasteiger partial charge in [0.25, 0.3) is 0 Å². The summed E-state index contributed by atoms with van der Waals surface area (Å²) in [6, 6.07) is 10.4. The Labute approximate surface area is 154 Å². The number of likely N-dealkylation sites (N-methyl/N-ethyl adjacent to an activating group) is 1. The van der Waals surface area contributed by atoms with Gasteiger partial charge in [-0.3, -0.25) is 4.57 Å². The van der Waals surface area contributed by atoms with Crippen molar-refractivity contribution in [1.29, 1.82) is 0 Å². The van der Waals surface area contributed by atoms with Crippen LogP contribution in [0.25, 0.3) is 0 Å². The lowest BCUT2D eigenvalue weighted by atomic mass is 10.2. The van der Waals surface area contributed by atoms with E-state index in [2.05, 4.69) is 48.0 Å². The molecule has 1 aromatic carbocycles. The van der Waals surface area contributed by atoms with Crippen molar-refractivity contribution in [3.05, 3.63) is 57.6 Å². The summed E-state index contributed by atoms with van der Waals surface area (Å²) in [6.07, 6.45) is 3.18. The molecule has 1 aromatic heterocycles. The Bertz CT molecular complexity index is 754. The van der Waals surface area contributed by atoms with Crippen LogP contribution < -0.4 is 5.69 Å². The average Bonchev–Trinajstić information content (AvgIpc) is 3.13. The minimum Gasteiger partial charge on any atom is -0.302 e. The van der Waals surface area contributed by atoms with Crippen LogP contribution >= 0.6 is 11.8 Å². The van der Waals surface area contributed by atoms with Crippen LogP contribution in [-0.2, 0) is 25.1 Å². The van der Waals surface area contributed by atoms with Crippen molar-refractivity contribution in [3.8, 4) is 0 Å². The molecule has 1 aliphatic rings. The number of hydrogen-bond acceptors (Lipinski definition) is 4. The lowest BCUT2D eigenvalue weighted by Crippen LogP contribution is -2.33. The van der Waals surface area contributed by atoms with Gasteiger partial charge in [0.05, 0.1) is 0 Å². The molecule has 0 N–H and O–H groups in total. The third kappa shape index (κ3) is 4.33. The fraction of sp³-hybridized carbons (Fsp3) is 0.500. The Morgan fingerprint density at radius 2 is 1.92 bits per heavy atom. The summed E-state index contributed by atoms with van der Waals surface area (Å²) in [5.74, 6) is 0.864. The summed E-state index contributed by atoms with van der Waals surface area (Å²) in [6.45, 7) is 8.03. The highest BCUT2D eigenvalue weighted by Gasteiger charge is 2.22. The fourth-order valence-electron chi connectivity index (χ4n) is 3.44. The van der Waals surface area contributed by atoms with Gasteiger partial charge in [0.15, 0.2) is 0 Å². The van der Waals surface area contributed by atoms with E-state index in [1.807, 2.05) is 10.6 Å². The second kappa shape index (κ2) is 8.68. The first-order chi connectivity index (χ1) is 12.2. The highest BCUT2D eigenvalue weighted by Crippen LogP contribution is 2.30. The molecule has 0 saturated carbocycles. The third-order valence-electron chi connectivity index (χ3n) is 4.95. The molecule has 0 fully saturated rings. The topological polar surface area (TPSA) is 38.1 Å². The van der Waals surface area contributed by atoms with Crippen molar-refractivity contribution in [1.82, 2.24) is 14.5 Å². The molecule has 0 atom stereocenters. The molecule has 1 heterocycles. The van der Waals surface area contributed by atoms with Crippen molar-refractivity contribution in [3.63, 3.8) is 0 Å². The molecule has 1 aliphatic carbocycles. The fourth-order valence-corrected chi connectivity index (χ4v) is 4.48. The summed E-state index contributed by atoms with van der Waals surface area (Å²) >= 11 is 1.70. The standard InChI is InChI=1S/C20H27N3OS/c1-3-22(4-2)13-14-23-18-12-8-11-17(18)19(21-20(23)24)25-15-16-9-6-5-7-10-16/h5-7,9-10H,3-4,8,11-15H2,1-2H3. The molecule has 0 saturated heterocycles. The van der Waals surface area contributed by atoms with E-state index in [0.29, 0.717) is 0 Å². The second-order valence-corrected chi connectivity index (χ2v) is 7.40. The molecule has 0 bridgehead atoms. The molecule has 3 rings (SSSR count). The van der Waals surface area contributed by atoms with Gasteiger partial charge in [0.1, 0.15) is 5.03 Å². The zero-order chi connectivity index (χ0) is 17.6. The van der Waals surface area contributed by atoms with Crippen LogP contribution in [-0.4, -0.2) is 34.1 Å². The van der Waals surface area contributed by atoms with E-state index >= 15 is 0 Å². The van der Waals surface area contributed by atoms with E-state index in [0.717, 1.165) is 56.2 Å². The normalized spacial score (nSPS) is 13.4. The maximum atomic E-state index is 12.6. The van der Waals surface area contributed by atoms with Gasteiger partial charge in [0, 0.05) is 30.1 Å². The SMILES string of the molecule is CCN(CC)CCn1c2c(c(SCc3ccccc3)nc1=O)CCC2. The zero-order valence-corrected chi connectivity index (χ0v) is 16.0. The Kier molecular flexibility index (Phi) is 6.32. The van der Waals surface area contributed by atoms with Crippen molar-refractivity contribution < 1.29 is 0 Å². The van der Waals surface area contributed by atoms with Crippen LogP contribution in [0.2, 0.25) is 0 Å². The summed E-state index contributed by atoms with van der Waals surface area (Å²) < 4.78 is 1.92. The molecule has 5 heteroatoms. The maximum Gasteiger partial charge on any atom is 0.348 e. The predicted molar refractivity (Wildman–Crippen MR) is 104 cm³/mol. The minimum atomic E-state index is -0.0802. The van der Waals surface area contributed by atoms with Crippen LogP contribution in [0.4, 0.5) is 0 Å². The Morgan fingerprint density at radius 1 is 1.16 bits per heavy atom. The van der Waals surface area contributed by atoms with Gasteiger partial charge in [-0.1, -0.05) is 44.2 Å². The monoisotopic (exact) mass is 357 g/mol. The number of rotatable bonds is 8. The first-order valence-electron chi connectivity index (χ1n) is 9.24. The van der Waals surface area contributed by atoms with Crippen molar-refractivity contribution in [2.45, 2.75) is 50.4 Å². The Balaban J connectivity index is 1.79. The average molecular weight is 358 g/mol. The summed E-state index contributed by atoms with van der Waals surface area (Å²) in [7, 11) is 0. The molecule has 25 heavy (non-hydrogen) atoms. The van der Waals surface area contributed by atoms with Crippen LogP contribution in [0.5, 0.6) is 0 Å². The number of fused-ring (bicyclic) bond motifs is 1. The van der Waals surface area contributed by atoms with E-state index in [9.17, 15) is 4.79 Å². The number of aromatic nitrogens is 2. The molecule has 0 unspecified atom stereocenters. The molecule has 0 radical (unpaired) electrons. The van der Waals surface area contributed by atoms with Gasteiger partial charge < -0.3 is 4.90 Å². The van der Waals surface area contributed by atoms with E-state index in [-0.39, 0.29) is 5.69 Å². The highest BCUT2D eigenvalue weighted by molar-refractivity contribution is 7.98. The van der Waals surface area contributed by atoms with Gasteiger partial charge in [-0.2, -0.15) is 4.98 Å². The largest absolute Gasteiger partial charge is 0.348 e. The quantitative estimate of drug-likeness (QED) is 0.536. The highest BCUT2D eigenvalue weighted by atomic mass is 32.2. The van der Waals surface area contributed by atoms with Gasteiger partial charge in [-0.05, 0) is 37.9 Å². The smallest absolute Gasteiger partial charge is 0.302 e. The molecule has 0 aliphatic heterocycles. The zero-order valence-electron chi connectivity index (χ0n) is 15.2. The van der Waals surface area contributed by atoms with Gasteiger partial charge in [-0.25, -0.2) is 4.79 Å². The minimum absolute atomic E-state index is 0.0802. The van der Waals surface area contributed by atoms with Crippen LogP contribution in [0.3, 0.4) is 0 Å². The maximum absolute atomic E-state index is 12.6. The number of nitrogens with zero attached hydrogens (tertiary/aromatic N) is 3. The first kappa shape index (κ1) is 18.2. The van der Waals surface area contributed by atoms with Gasteiger partial charge >= 0.3 is 5.69 Å². The predicted octanol–water partition coefficient (Wildman–Crippen LogP) is 3.37. The van der Waals surface area contributed by atoms with Crippen molar-refractivity contribution >= 4 is 11.8 Å². The van der Waals surface area contributed by atoms with Gasteiger partial charge in [0.2, 0.25) is 0 Å². The summed E-state index contributed by atoms with van der Waals surface area (Å²) in [4.78, 5) is 19.4. The lowest BCUT2D eigenvalue weighted by molar-refractivity contribution is 0.286. The summed E-state index contributed by atoms with van der Waals surface area (Å²) in [5.41, 5.74) is 3.72. The number of hydrogen-bond donors (Lipinski definition) is 0. The van der Waals surface area contributed by atoms with Crippen LogP contribution in [0.15, 0.2) is 40.2 Å². The lowest BCUT2D eigenvalue weighted by Gasteiger charge is -2.20. The molecule has 134 valence electrons. The summed E-state index contributed by atoms with van der Waals surface area (Å²) in [5, 5.41) is 0.945. The van der Waals surface area contributed by atoms with Crippen molar-refractivity contribution in [2.24, 2.45) is 0 Å². The van der Waals surface area contributed by atoms with Gasteiger partial charge in [-0.15, -0.1) is 11.8 Å². The molecule has 2 aromatic rings. The van der Waals surface area contributed by atoms with E-state index < -0.39 is 0 Å².